The highest BCUT2D eigenvalue weighted by Crippen LogP contribution is 2.23. The molecule has 1 aliphatic carbocycles. The molecule has 3 N–H and O–H groups in total. The van der Waals surface area contributed by atoms with E-state index in [0.29, 0.717) is 11.4 Å². The number of carbonyl (C=O) groups is 3. The van der Waals surface area contributed by atoms with Crippen molar-refractivity contribution >= 4 is 29.3 Å². The number of anilines is 2. The molecule has 2 rings (SSSR count). The minimum atomic E-state index is -0.578. The lowest BCUT2D eigenvalue weighted by Crippen LogP contribution is -2.34. The maximum atomic E-state index is 12.1. The molecule has 1 aliphatic rings. The minimum absolute atomic E-state index is 0.113. The van der Waals surface area contributed by atoms with Crippen LogP contribution in [0.1, 0.15) is 52.9 Å². The number of alkyl carbamates (subject to hydrolysis) is 1. The summed E-state index contributed by atoms with van der Waals surface area (Å²) in [5.74, 6) is -0.394. The largest absolute Gasteiger partial charge is 0.444 e. The maximum absolute atomic E-state index is 12.1. The third-order valence-corrected chi connectivity index (χ3v) is 4.02. The zero-order chi connectivity index (χ0) is 20.6. The summed E-state index contributed by atoms with van der Waals surface area (Å²) in [4.78, 5) is 35.7. The summed E-state index contributed by atoms with van der Waals surface area (Å²) in [7, 11) is 0. The lowest BCUT2D eigenvalue weighted by Gasteiger charge is -2.19. The number of allylic oxidation sites excluding steroid dienone is 1. The van der Waals surface area contributed by atoms with E-state index in [0.717, 1.165) is 25.7 Å². The Morgan fingerprint density at radius 2 is 1.71 bits per heavy atom. The zero-order valence-electron chi connectivity index (χ0n) is 16.8. The standard InChI is InChI=1S/C21H29N3O4/c1-21(2,3)28-20(27)22-12-11-18(25)23-16-9-6-10-17(14-16)24-19(26)13-15-7-4-5-8-15/h6,9-10,13-14H,4-5,7-8,11-12H2,1-3H3,(H,22,27)(H,23,25)(H,24,26). The second kappa shape index (κ2) is 9.92. The van der Waals surface area contributed by atoms with Crippen LogP contribution in [0, 0.1) is 0 Å². The Morgan fingerprint density at radius 3 is 2.36 bits per heavy atom. The maximum Gasteiger partial charge on any atom is 0.407 e. The first kappa shape index (κ1) is 21.5. The summed E-state index contributed by atoms with van der Waals surface area (Å²) >= 11 is 0. The molecule has 0 aromatic heterocycles. The Bertz CT molecular complexity index is 742. The van der Waals surface area contributed by atoms with Gasteiger partial charge in [0, 0.05) is 30.4 Å². The highest BCUT2D eigenvalue weighted by atomic mass is 16.6. The predicted octanol–water partition coefficient (Wildman–Crippen LogP) is 3.98. The number of amides is 3. The third-order valence-electron chi connectivity index (χ3n) is 4.02. The van der Waals surface area contributed by atoms with Crippen molar-refractivity contribution in [2.75, 3.05) is 17.2 Å². The molecule has 3 amide bonds. The van der Waals surface area contributed by atoms with E-state index in [1.54, 1.807) is 51.1 Å². The van der Waals surface area contributed by atoms with Crippen molar-refractivity contribution in [2.45, 2.75) is 58.5 Å². The number of hydrogen-bond acceptors (Lipinski definition) is 4. The van der Waals surface area contributed by atoms with Gasteiger partial charge in [-0.25, -0.2) is 4.79 Å². The number of hydrogen-bond donors (Lipinski definition) is 3. The summed E-state index contributed by atoms with van der Waals surface area (Å²) in [6, 6.07) is 6.96. The van der Waals surface area contributed by atoms with Crippen molar-refractivity contribution in [3.63, 3.8) is 0 Å². The zero-order valence-corrected chi connectivity index (χ0v) is 16.8. The first-order valence-corrected chi connectivity index (χ1v) is 9.58. The van der Waals surface area contributed by atoms with Crippen molar-refractivity contribution < 1.29 is 19.1 Å². The van der Waals surface area contributed by atoms with E-state index in [9.17, 15) is 14.4 Å². The number of nitrogens with one attached hydrogen (secondary N) is 3. The molecule has 0 atom stereocenters. The van der Waals surface area contributed by atoms with E-state index >= 15 is 0 Å². The molecule has 0 saturated heterocycles. The second-order valence-electron chi connectivity index (χ2n) is 7.81. The summed E-state index contributed by atoms with van der Waals surface area (Å²) in [5, 5.41) is 8.12. The van der Waals surface area contributed by atoms with Gasteiger partial charge >= 0.3 is 6.09 Å². The molecule has 152 valence electrons. The fourth-order valence-electron chi connectivity index (χ4n) is 2.83. The summed E-state index contributed by atoms with van der Waals surface area (Å²) in [5.41, 5.74) is 1.79. The molecule has 7 heteroatoms. The highest BCUT2D eigenvalue weighted by Gasteiger charge is 2.16. The van der Waals surface area contributed by atoms with Gasteiger partial charge in [-0.3, -0.25) is 9.59 Å². The van der Waals surface area contributed by atoms with Gasteiger partial charge in [-0.05, 0) is 64.7 Å². The average molecular weight is 387 g/mol. The molecule has 0 radical (unpaired) electrons. The third kappa shape index (κ3) is 8.24. The van der Waals surface area contributed by atoms with Gasteiger partial charge in [-0.1, -0.05) is 11.6 Å². The molecule has 28 heavy (non-hydrogen) atoms. The number of rotatable bonds is 6. The smallest absolute Gasteiger partial charge is 0.407 e. The van der Waals surface area contributed by atoms with Crippen LogP contribution >= 0.6 is 0 Å². The fourth-order valence-corrected chi connectivity index (χ4v) is 2.83. The SMILES string of the molecule is CC(C)(C)OC(=O)NCCC(=O)Nc1cccc(NC(=O)C=C2CCCC2)c1. The Kier molecular flexibility index (Phi) is 7.61. The van der Waals surface area contributed by atoms with Crippen LogP contribution in [0.4, 0.5) is 16.2 Å². The van der Waals surface area contributed by atoms with E-state index in [4.69, 9.17) is 4.74 Å². The van der Waals surface area contributed by atoms with Gasteiger partial charge in [0.05, 0.1) is 0 Å². The lowest BCUT2D eigenvalue weighted by atomic mass is 10.2. The van der Waals surface area contributed by atoms with Gasteiger partial charge in [0.1, 0.15) is 5.60 Å². The van der Waals surface area contributed by atoms with Crippen LogP contribution in [0.5, 0.6) is 0 Å². The molecule has 1 aromatic carbocycles. The van der Waals surface area contributed by atoms with Crippen LogP contribution in [0.3, 0.4) is 0 Å². The van der Waals surface area contributed by atoms with Crippen LogP contribution in [0.2, 0.25) is 0 Å². The first-order valence-electron chi connectivity index (χ1n) is 9.58. The normalized spacial score (nSPS) is 13.6. The van der Waals surface area contributed by atoms with Gasteiger partial charge in [0.15, 0.2) is 0 Å². The van der Waals surface area contributed by atoms with E-state index in [1.165, 1.54) is 5.57 Å². The van der Waals surface area contributed by atoms with Gasteiger partial charge in [-0.2, -0.15) is 0 Å². The number of carbonyl (C=O) groups excluding carboxylic acids is 3. The lowest BCUT2D eigenvalue weighted by molar-refractivity contribution is -0.116. The van der Waals surface area contributed by atoms with Crippen LogP contribution in [-0.4, -0.2) is 30.1 Å². The van der Waals surface area contributed by atoms with Crippen molar-refractivity contribution in [3.8, 4) is 0 Å². The van der Waals surface area contributed by atoms with Crippen LogP contribution < -0.4 is 16.0 Å². The topological polar surface area (TPSA) is 96.5 Å². The van der Waals surface area contributed by atoms with E-state index in [-0.39, 0.29) is 24.8 Å². The molecule has 0 spiro atoms. The van der Waals surface area contributed by atoms with Crippen molar-refractivity contribution in [3.05, 3.63) is 35.9 Å². The van der Waals surface area contributed by atoms with E-state index in [1.807, 2.05) is 0 Å². The molecule has 0 aliphatic heterocycles. The van der Waals surface area contributed by atoms with Gasteiger partial charge in [0.25, 0.3) is 0 Å². The summed E-state index contributed by atoms with van der Waals surface area (Å²) in [6.45, 7) is 5.49. The average Bonchev–Trinajstić information content (AvgIpc) is 3.06. The van der Waals surface area contributed by atoms with Crippen molar-refractivity contribution in [2.24, 2.45) is 0 Å². The minimum Gasteiger partial charge on any atom is -0.444 e. The predicted molar refractivity (Wildman–Crippen MR) is 109 cm³/mol. The quantitative estimate of drug-likeness (QED) is 0.643. The molecule has 0 bridgehead atoms. The number of benzene rings is 1. The van der Waals surface area contributed by atoms with Crippen LogP contribution in [0.15, 0.2) is 35.9 Å². The Morgan fingerprint density at radius 1 is 1.07 bits per heavy atom. The Hall–Kier alpha value is -2.83. The highest BCUT2D eigenvalue weighted by molar-refractivity contribution is 6.00. The fraction of sp³-hybridized carbons (Fsp3) is 0.476. The van der Waals surface area contributed by atoms with Crippen LogP contribution in [-0.2, 0) is 14.3 Å². The van der Waals surface area contributed by atoms with E-state index < -0.39 is 11.7 Å². The summed E-state index contributed by atoms with van der Waals surface area (Å²) in [6.07, 6.45) is 5.48. The molecule has 7 nitrogen and oxygen atoms in total. The van der Waals surface area contributed by atoms with E-state index in [2.05, 4.69) is 16.0 Å². The second-order valence-corrected chi connectivity index (χ2v) is 7.81. The van der Waals surface area contributed by atoms with Crippen molar-refractivity contribution in [1.29, 1.82) is 0 Å². The summed E-state index contributed by atoms with van der Waals surface area (Å²) < 4.78 is 5.11. The van der Waals surface area contributed by atoms with Crippen molar-refractivity contribution in [1.82, 2.24) is 5.32 Å². The molecule has 1 saturated carbocycles. The van der Waals surface area contributed by atoms with Crippen LogP contribution in [0.25, 0.3) is 0 Å². The monoisotopic (exact) mass is 387 g/mol. The molecular weight excluding hydrogens is 358 g/mol. The molecule has 0 unspecified atom stereocenters. The van der Waals surface area contributed by atoms with Gasteiger partial charge in [-0.15, -0.1) is 0 Å². The molecule has 0 heterocycles. The first-order chi connectivity index (χ1) is 13.2. The molecule has 1 aromatic rings. The van der Waals surface area contributed by atoms with Gasteiger partial charge in [0.2, 0.25) is 11.8 Å². The Labute approximate surface area is 165 Å². The molecular formula is C21H29N3O4. The molecule has 1 fully saturated rings. The van der Waals surface area contributed by atoms with Gasteiger partial charge < -0.3 is 20.7 Å². The Balaban J connectivity index is 1.78. The number of ether oxygens (including phenoxy) is 1.